The molecule has 1 aromatic rings. The summed E-state index contributed by atoms with van der Waals surface area (Å²) in [5.74, 6) is 2.77. The Bertz CT molecular complexity index is 623. The molecule has 0 aromatic carbocycles. The van der Waals surface area contributed by atoms with Crippen molar-refractivity contribution in [2.45, 2.75) is 37.3 Å². The fourth-order valence-corrected chi connectivity index (χ4v) is 6.18. The van der Waals surface area contributed by atoms with Gasteiger partial charge in [0.1, 0.15) is 5.82 Å². The van der Waals surface area contributed by atoms with Gasteiger partial charge < -0.3 is 9.47 Å². The number of piperidine rings is 1. The molecule has 8 heteroatoms. The van der Waals surface area contributed by atoms with E-state index < -0.39 is 9.84 Å². The molecule has 0 aliphatic carbocycles. The van der Waals surface area contributed by atoms with Crippen molar-refractivity contribution in [3.8, 4) is 0 Å². The molecule has 3 heterocycles. The van der Waals surface area contributed by atoms with Gasteiger partial charge in [0, 0.05) is 25.8 Å². The zero-order valence-corrected chi connectivity index (χ0v) is 15.4. The van der Waals surface area contributed by atoms with E-state index in [9.17, 15) is 8.42 Å². The molecule has 3 rings (SSSR count). The third-order valence-electron chi connectivity index (χ3n) is 4.81. The van der Waals surface area contributed by atoms with Crippen molar-refractivity contribution in [1.29, 1.82) is 0 Å². The predicted molar refractivity (Wildman–Crippen MR) is 92.5 cm³/mol. The molecule has 2 aliphatic rings. The summed E-state index contributed by atoms with van der Waals surface area (Å²) >= 11 is 1.75. The van der Waals surface area contributed by atoms with E-state index in [1.807, 2.05) is 11.6 Å². The zero-order valence-electron chi connectivity index (χ0n) is 13.8. The SMILES string of the molecule is Cn1c(CC2CCS(=O)(=O)C2)nnc1SCCN1CCCCC1. The molecule has 1 aromatic heterocycles. The number of hydrogen-bond donors (Lipinski definition) is 0. The van der Waals surface area contributed by atoms with Gasteiger partial charge in [-0.05, 0) is 38.3 Å². The summed E-state index contributed by atoms with van der Waals surface area (Å²) in [6, 6.07) is 0. The van der Waals surface area contributed by atoms with Gasteiger partial charge in [-0.25, -0.2) is 8.42 Å². The highest BCUT2D eigenvalue weighted by molar-refractivity contribution is 7.99. The Hall–Kier alpha value is -0.600. The molecule has 0 N–H and O–H groups in total. The third kappa shape index (κ3) is 4.70. The van der Waals surface area contributed by atoms with E-state index in [-0.39, 0.29) is 5.92 Å². The van der Waals surface area contributed by atoms with Crippen LogP contribution in [0, 0.1) is 5.92 Å². The minimum absolute atomic E-state index is 0.203. The third-order valence-corrected chi connectivity index (χ3v) is 7.65. The number of aromatic nitrogens is 3. The number of nitrogens with zero attached hydrogens (tertiary/aromatic N) is 4. The van der Waals surface area contributed by atoms with E-state index in [0.29, 0.717) is 11.5 Å². The number of thioether (sulfide) groups is 1. The molecular weight excluding hydrogens is 332 g/mol. The van der Waals surface area contributed by atoms with Gasteiger partial charge in [-0.3, -0.25) is 0 Å². The molecule has 2 fully saturated rings. The maximum atomic E-state index is 11.6. The van der Waals surface area contributed by atoms with Crippen LogP contribution in [0.2, 0.25) is 0 Å². The van der Waals surface area contributed by atoms with Gasteiger partial charge in [0.05, 0.1) is 11.5 Å². The second-order valence-electron chi connectivity index (χ2n) is 6.68. The van der Waals surface area contributed by atoms with Crippen molar-refractivity contribution in [2.24, 2.45) is 13.0 Å². The molecular formula is C15H26N4O2S2. The van der Waals surface area contributed by atoms with E-state index in [1.165, 1.54) is 32.4 Å². The Balaban J connectivity index is 1.48. The lowest BCUT2D eigenvalue weighted by molar-refractivity contribution is 0.242. The lowest BCUT2D eigenvalue weighted by Gasteiger charge is -2.25. The summed E-state index contributed by atoms with van der Waals surface area (Å²) in [5.41, 5.74) is 0. The molecule has 2 saturated heterocycles. The second kappa shape index (κ2) is 7.53. The van der Waals surface area contributed by atoms with Crippen LogP contribution in [0.5, 0.6) is 0 Å². The highest BCUT2D eigenvalue weighted by Gasteiger charge is 2.29. The molecule has 2 aliphatic heterocycles. The molecule has 1 unspecified atom stereocenters. The van der Waals surface area contributed by atoms with Crippen LogP contribution in [0.3, 0.4) is 0 Å². The molecule has 0 radical (unpaired) electrons. The summed E-state index contributed by atoms with van der Waals surface area (Å²) < 4.78 is 25.2. The van der Waals surface area contributed by atoms with E-state index in [2.05, 4.69) is 15.1 Å². The Morgan fingerprint density at radius 1 is 1.22 bits per heavy atom. The lowest BCUT2D eigenvalue weighted by Crippen LogP contribution is -2.31. The molecule has 1 atom stereocenters. The van der Waals surface area contributed by atoms with Crippen LogP contribution in [0.25, 0.3) is 0 Å². The van der Waals surface area contributed by atoms with Crippen molar-refractivity contribution in [3.63, 3.8) is 0 Å². The number of sulfone groups is 1. The standard InChI is InChI=1S/C15H26N4O2S2/c1-18-14(11-13-5-10-23(20,21)12-13)16-17-15(18)22-9-8-19-6-3-2-4-7-19/h13H,2-12H2,1H3. The molecule has 0 bridgehead atoms. The highest BCUT2D eigenvalue weighted by Crippen LogP contribution is 2.24. The first-order valence-corrected chi connectivity index (χ1v) is 11.3. The lowest BCUT2D eigenvalue weighted by atomic mass is 10.1. The maximum Gasteiger partial charge on any atom is 0.190 e. The second-order valence-corrected chi connectivity index (χ2v) is 9.97. The topological polar surface area (TPSA) is 68.1 Å². The molecule has 0 amide bonds. The number of rotatable bonds is 6. The van der Waals surface area contributed by atoms with E-state index in [0.717, 1.165) is 36.1 Å². The fraction of sp³-hybridized carbons (Fsp3) is 0.867. The van der Waals surface area contributed by atoms with Gasteiger partial charge in [0.25, 0.3) is 0 Å². The van der Waals surface area contributed by atoms with Gasteiger partial charge in [-0.15, -0.1) is 10.2 Å². The van der Waals surface area contributed by atoms with Gasteiger partial charge in [0.2, 0.25) is 0 Å². The Kier molecular flexibility index (Phi) is 5.64. The van der Waals surface area contributed by atoms with Gasteiger partial charge in [0.15, 0.2) is 15.0 Å². The number of likely N-dealkylation sites (tertiary alicyclic amines) is 1. The maximum absolute atomic E-state index is 11.6. The van der Waals surface area contributed by atoms with Crippen molar-refractivity contribution < 1.29 is 8.42 Å². The van der Waals surface area contributed by atoms with E-state index >= 15 is 0 Å². The quantitative estimate of drug-likeness (QED) is 0.716. The molecule has 6 nitrogen and oxygen atoms in total. The van der Waals surface area contributed by atoms with Crippen LogP contribution in [-0.4, -0.2) is 65.0 Å². The molecule has 0 spiro atoms. The highest BCUT2D eigenvalue weighted by atomic mass is 32.2. The van der Waals surface area contributed by atoms with Crippen LogP contribution >= 0.6 is 11.8 Å². The van der Waals surface area contributed by atoms with Crippen molar-refractivity contribution in [1.82, 2.24) is 19.7 Å². The summed E-state index contributed by atoms with van der Waals surface area (Å²) in [7, 11) is -0.828. The number of hydrogen-bond acceptors (Lipinski definition) is 6. The van der Waals surface area contributed by atoms with E-state index in [4.69, 9.17) is 0 Å². The minimum Gasteiger partial charge on any atom is -0.309 e. The van der Waals surface area contributed by atoms with Crippen LogP contribution in [0.4, 0.5) is 0 Å². The van der Waals surface area contributed by atoms with Crippen LogP contribution < -0.4 is 0 Å². The van der Waals surface area contributed by atoms with Crippen LogP contribution in [0.15, 0.2) is 5.16 Å². The van der Waals surface area contributed by atoms with Crippen molar-refractivity contribution in [3.05, 3.63) is 5.82 Å². The Morgan fingerprint density at radius 3 is 2.70 bits per heavy atom. The average molecular weight is 359 g/mol. The predicted octanol–water partition coefficient (Wildman–Crippen LogP) is 1.37. The zero-order chi connectivity index (χ0) is 16.3. The normalized spacial score (nSPS) is 25.0. The molecule has 130 valence electrons. The monoisotopic (exact) mass is 358 g/mol. The smallest absolute Gasteiger partial charge is 0.190 e. The van der Waals surface area contributed by atoms with Gasteiger partial charge in [-0.2, -0.15) is 0 Å². The summed E-state index contributed by atoms with van der Waals surface area (Å²) in [4.78, 5) is 2.52. The summed E-state index contributed by atoms with van der Waals surface area (Å²) in [6.45, 7) is 3.55. The van der Waals surface area contributed by atoms with Crippen LogP contribution in [-0.2, 0) is 23.3 Å². The first-order chi connectivity index (χ1) is 11.0. The first kappa shape index (κ1) is 17.2. The minimum atomic E-state index is -2.82. The summed E-state index contributed by atoms with van der Waals surface area (Å²) in [5, 5.41) is 9.50. The van der Waals surface area contributed by atoms with E-state index in [1.54, 1.807) is 11.8 Å². The van der Waals surface area contributed by atoms with Crippen molar-refractivity contribution >= 4 is 21.6 Å². The Morgan fingerprint density at radius 2 is 2.00 bits per heavy atom. The van der Waals surface area contributed by atoms with Crippen LogP contribution in [0.1, 0.15) is 31.5 Å². The van der Waals surface area contributed by atoms with Gasteiger partial charge in [-0.1, -0.05) is 18.2 Å². The Labute approximate surface area is 142 Å². The van der Waals surface area contributed by atoms with Crippen molar-refractivity contribution in [2.75, 3.05) is 36.9 Å². The largest absolute Gasteiger partial charge is 0.309 e. The molecule has 23 heavy (non-hydrogen) atoms. The summed E-state index contributed by atoms with van der Waals surface area (Å²) in [6.07, 6.45) is 5.49. The molecule has 0 saturated carbocycles. The average Bonchev–Trinajstić information content (AvgIpc) is 3.05. The van der Waals surface area contributed by atoms with Gasteiger partial charge >= 0.3 is 0 Å². The fourth-order valence-electron chi connectivity index (χ4n) is 3.39. The first-order valence-electron chi connectivity index (χ1n) is 8.47.